The maximum Gasteiger partial charge on any atom is 0.292 e. The normalized spacial score (nSPS) is 11.1. The summed E-state index contributed by atoms with van der Waals surface area (Å²) in [6, 6.07) is 21.8. The van der Waals surface area contributed by atoms with Crippen LogP contribution in [0.1, 0.15) is 10.6 Å². The second-order valence-electron chi connectivity index (χ2n) is 6.62. The molecule has 1 aromatic heterocycles. The quantitative estimate of drug-likeness (QED) is 0.438. The first-order chi connectivity index (χ1) is 14.9. The van der Waals surface area contributed by atoms with Crippen LogP contribution in [-0.4, -0.2) is 14.3 Å². The average Bonchev–Trinajstić information content (AvgIpc) is 3.26. The van der Waals surface area contributed by atoms with Crippen molar-refractivity contribution < 1.29 is 22.0 Å². The second-order valence-corrected chi connectivity index (χ2v) is 8.30. The van der Waals surface area contributed by atoms with Crippen LogP contribution >= 0.6 is 0 Å². The van der Waals surface area contributed by atoms with Crippen molar-refractivity contribution in [3.05, 3.63) is 103 Å². The fourth-order valence-electron chi connectivity index (χ4n) is 2.97. The number of halogens is 1. The van der Waals surface area contributed by atoms with Gasteiger partial charge in [-0.1, -0.05) is 30.3 Å². The number of hydrogen-bond donors (Lipinski definition) is 2. The molecule has 0 atom stereocenters. The van der Waals surface area contributed by atoms with E-state index < -0.39 is 21.7 Å². The van der Waals surface area contributed by atoms with Crippen molar-refractivity contribution in [2.24, 2.45) is 0 Å². The predicted octanol–water partition coefficient (Wildman–Crippen LogP) is 5.14. The molecular weight excluding hydrogens is 419 g/mol. The van der Waals surface area contributed by atoms with Gasteiger partial charge in [0.15, 0.2) is 5.76 Å². The molecule has 2 N–H and O–H groups in total. The molecule has 4 rings (SSSR count). The Morgan fingerprint density at radius 2 is 1.45 bits per heavy atom. The molecule has 156 valence electrons. The molecule has 0 bridgehead atoms. The lowest BCUT2D eigenvalue weighted by Gasteiger charge is -2.10. The van der Waals surface area contributed by atoms with E-state index in [9.17, 15) is 17.6 Å². The highest BCUT2D eigenvalue weighted by molar-refractivity contribution is 7.92. The van der Waals surface area contributed by atoms with Crippen LogP contribution in [0, 0.1) is 5.82 Å². The molecule has 0 aliphatic heterocycles. The number of hydrogen-bond acceptors (Lipinski definition) is 4. The van der Waals surface area contributed by atoms with Crippen molar-refractivity contribution in [1.29, 1.82) is 0 Å². The average molecular weight is 436 g/mol. The minimum absolute atomic E-state index is 0.0578. The number of rotatable bonds is 6. The zero-order valence-electron chi connectivity index (χ0n) is 16.1. The monoisotopic (exact) mass is 436 g/mol. The van der Waals surface area contributed by atoms with Gasteiger partial charge in [-0.3, -0.25) is 9.52 Å². The number of furan rings is 1. The van der Waals surface area contributed by atoms with Gasteiger partial charge in [-0.05, 0) is 60.2 Å². The molecule has 8 heteroatoms. The third kappa shape index (κ3) is 4.65. The maximum atomic E-state index is 13.0. The summed E-state index contributed by atoms with van der Waals surface area (Å²) in [5, 5.41) is 2.73. The second kappa shape index (κ2) is 8.45. The summed E-state index contributed by atoms with van der Waals surface area (Å²) < 4.78 is 45.6. The van der Waals surface area contributed by atoms with Crippen molar-refractivity contribution >= 4 is 27.3 Å². The highest BCUT2D eigenvalue weighted by atomic mass is 32.2. The lowest BCUT2D eigenvalue weighted by atomic mass is 10.1. The Bertz CT molecular complexity index is 1300. The van der Waals surface area contributed by atoms with E-state index in [-0.39, 0.29) is 10.7 Å². The molecule has 31 heavy (non-hydrogen) atoms. The van der Waals surface area contributed by atoms with Gasteiger partial charge in [0.2, 0.25) is 0 Å². The minimum Gasteiger partial charge on any atom is -0.459 e. The van der Waals surface area contributed by atoms with Gasteiger partial charge in [-0.2, -0.15) is 0 Å². The van der Waals surface area contributed by atoms with Crippen LogP contribution in [0.15, 0.2) is 101 Å². The molecule has 0 radical (unpaired) electrons. The van der Waals surface area contributed by atoms with Crippen molar-refractivity contribution in [1.82, 2.24) is 0 Å². The van der Waals surface area contributed by atoms with E-state index in [2.05, 4.69) is 10.0 Å². The molecular formula is C23H17FN2O4S. The summed E-state index contributed by atoms with van der Waals surface area (Å²) >= 11 is 0. The Kier molecular flexibility index (Phi) is 5.55. The van der Waals surface area contributed by atoms with Crippen LogP contribution in [0.2, 0.25) is 0 Å². The van der Waals surface area contributed by atoms with Crippen molar-refractivity contribution in [3.8, 4) is 11.1 Å². The number of carbonyl (C=O) groups excluding carboxylic acids is 1. The molecule has 0 aliphatic carbocycles. The minimum atomic E-state index is -3.86. The molecule has 3 aromatic carbocycles. The van der Waals surface area contributed by atoms with E-state index in [1.807, 2.05) is 30.3 Å². The Hall–Kier alpha value is -3.91. The smallest absolute Gasteiger partial charge is 0.292 e. The van der Waals surface area contributed by atoms with Crippen molar-refractivity contribution in [2.75, 3.05) is 10.0 Å². The molecule has 0 aliphatic rings. The third-order valence-electron chi connectivity index (χ3n) is 4.48. The summed E-state index contributed by atoms with van der Waals surface area (Å²) in [4.78, 5) is 12.6. The Balaban J connectivity index is 1.47. The van der Waals surface area contributed by atoms with Gasteiger partial charge in [0.25, 0.3) is 15.9 Å². The van der Waals surface area contributed by atoms with Crippen molar-refractivity contribution in [3.63, 3.8) is 0 Å². The lowest BCUT2D eigenvalue weighted by molar-refractivity contribution is 0.0997. The fraction of sp³-hybridized carbons (Fsp3) is 0. The van der Waals surface area contributed by atoms with Gasteiger partial charge < -0.3 is 9.73 Å². The zero-order valence-corrected chi connectivity index (χ0v) is 16.9. The SMILES string of the molecule is O=C(Nc1ccc(NS(=O)(=O)c2ccc(F)cc2)cc1)c1occc1-c1ccccc1. The highest BCUT2D eigenvalue weighted by Crippen LogP contribution is 2.26. The van der Waals surface area contributed by atoms with Crippen LogP contribution in [0.3, 0.4) is 0 Å². The van der Waals surface area contributed by atoms with Crippen LogP contribution in [-0.2, 0) is 10.0 Å². The maximum absolute atomic E-state index is 13.0. The van der Waals surface area contributed by atoms with Crippen LogP contribution < -0.4 is 10.0 Å². The molecule has 6 nitrogen and oxygen atoms in total. The summed E-state index contributed by atoms with van der Waals surface area (Å²) in [6.07, 6.45) is 1.45. The Labute approximate surface area is 178 Å². The molecule has 0 saturated carbocycles. The number of benzene rings is 3. The van der Waals surface area contributed by atoms with Gasteiger partial charge in [0, 0.05) is 16.9 Å². The van der Waals surface area contributed by atoms with E-state index in [1.165, 1.54) is 30.5 Å². The number of nitrogens with one attached hydrogen (secondary N) is 2. The van der Waals surface area contributed by atoms with Gasteiger partial charge in [-0.25, -0.2) is 12.8 Å². The van der Waals surface area contributed by atoms with E-state index in [4.69, 9.17) is 4.42 Å². The molecule has 0 fully saturated rings. The van der Waals surface area contributed by atoms with E-state index >= 15 is 0 Å². The summed E-state index contributed by atoms with van der Waals surface area (Å²) in [5.74, 6) is -0.776. The van der Waals surface area contributed by atoms with Crippen LogP contribution in [0.5, 0.6) is 0 Å². The van der Waals surface area contributed by atoms with E-state index in [0.29, 0.717) is 16.9 Å². The summed E-state index contributed by atoms with van der Waals surface area (Å²) in [6.45, 7) is 0. The Morgan fingerprint density at radius 3 is 2.13 bits per heavy atom. The molecule has 1 heterocycles. The predicted molar refractivity (Wildman–Crippen MR) is 116 cm³/mol. The van der Waals surface area contributed by atoms with Crippen molar-refractivity contribution in [2.45, 2.75) is 4.90 Å². The molecule has 0 unspecified atom stereocenters. The number of carbonyl (C=O) groups is 1. The number of sulfonamides is 1. The number of anilines is 2. The van der Waals surface area contributed by atoms with Gasteiger partial charge >= 0.3 is 0 Å². The van der Waals surface area contributed by atoms with Crippen LogP contribution in [0.4, 0.5) is 15.8 Å². The molecule has 0 spiro atoms. The zero-order chi connectivity index (χ0) is 21.8. The van der Waals surface area contributed by atoms with Crippen LogP contribution in [0.25, 0.3) is 11.1 Å². The largest absolute Gasteiger partial charge is 0.459 e. The third-order valence-corrected chi connectivity index (χ3v) is 5.87. The molecule has 1 amide bonds. The lowest BCUT2D eigenvalue weighted by Crippen LogP contribution is -2.14. The first-order valence-electron chi connectivity index (χ1n) is 9.25. The Morgan fingerprint density at radius 1 is 0.806 bits per heavy atom. The van der Waals surface area contributed by atoms with Gasteiger partial charge in [0.1, 0.15) is 5.82 Å². The summed E-state index contributed by atoms with van der Waals surface area (Å²) in [5.41, 5.74) is 2.28. The highest BCUT2D eigenvalue weighted by Gasteiger charge is 2.17. The number of amides is 1. The standard InChI is InChI=1S/C23H17FN2O4S/c24-17-6-12-20(13-7-17)31(28,29)26-19-10-8-18(9-11-19)25-23(27)22-21(14-15-30-22)16-4-2-1-3-5-16/h1-15,26H,(H,25,27). The fourth-order valence-corrected chi connectivity index (χ4v) is 4.03. The first-order valence-corrected chi connectivity index (χ1v) is 10.7. The van der Waals surface area contributed by atoms with Gasteiger partial charge in [-0.15, -0.1) is 0 Å². The topological polar surface area (TPSA) is 88.4 Å². The first kappa shape index (κ1) is 20.4. The van der Waals surface area contributed by atoms with E-state index in [1.54, 1.807) is 18.2 Å². The molecule has 0 saturated heterocycles. The van der Waals surface area contributed by atoms with Gasteiger partial charge in [0.05, 0.1) is 11.2 Å². The summed E-state index contributed by atoms with van der Waals surface area (Å²) in [7, 11) is -3.86. The molecule has 4 aromatic rings. The van der Waals surface area contributed by atoms with E-state index in [0.717, 1.165) is 17.7 Å².